The van der Waals surface area contributed by atoms with Crippen molar-refractivity contribution in [2.45, 2.75) is 25.8 Å². The summed E-state index contributed by atoms with van der Waals surface area (Å²) < 4.78 is 0. The zero-order chi connectivity index (χ0) is 13.8. The number of hydrogen-bond donors (Lipinski definition) is 3. The van der Waals surface area contributed by atoms with E-state index in [1.54, 1.807) is 0 Å². The molecule has 0 aliphatic rings. The van der Waals surface area contributed by atoms with Crippen LogP contribution in [0.2, 0.25) is 5.02 Å². The summed E-state index contributed by atoms with van der Waals surface area (Å²) in [4.78, 5) is 7.98. The van der Waals surface area contributed by atoms with Gasteiger partial charge in [-0.05, 0) is 38.0 Å². The minimum Gasteiger partial charge on any atom is -0.370 e. The predicted octanol–water partition coefficient (Wildman–Crippen LogP) is 1.67. The van der Waals surface area contributed by atoms with E-state index in [1.165, 1.54) is 0 Å². The topological polar surface area (TPSA) is 103 Å². The smallest absolute Gasteiger partial charge is 0.219 e. The first-order valence-electron chi connectivity index (χ1n) is 5.48. The number of nitrogens with zero attached hydrogens (tertiary/aromatic N) is 2. The molecule has 0 saturated carbocycles. The van der Waals surface area contributed by atoms with Crippen molar-refractivity contribution in [2.75, 3.05) is 0 Å². The van der Waals surface area contributed by atoms with Gasteiger partial charge in [0.1, 0.15) is 0 Å². The highest BCUT2D eigenvalue weighted by atomic mass is 35.5. The van der Waals surface area contributed by atoms with Crippen molar-refractivity contribution >= 4 is 35.9 Å². The highest BCUT2D eigenvalue weighted by Gasteiger charge is 2.17. The van der Waals surface area contributed by atoms with Crippen LogP contribution in [0.3, 0.4) is 0 Å². The van der Waals surface area contributed by atoms with Gasteiger partial charge in [0.25, 0.3) is 0 Å². The summed E-state index contributed by atoms with van der Waals surface area (Å²) >= 11 is 5.83. The zero-order valence-corrected chi connectivity index (χ0v) is 12.5. The van der Waals surface area contributed by atoms with E-state index in [0.717, 1.165) is 5.56 Å². The van der Waals surface area contributed by atoms with Gasteiger partial charge in [-0.2, -0.15) is 4.99 Å². The maximum atomic E-state index is 5.83. The summed E-state index contributed by atoms with van der Waals surface area (Å²) in [6.07, 6.45) is 0.713. The molecule has 0 fully saturated rings. The molecule has 106 valence electrons. The van der Waals surface area contributed by atoms with E-state index < -0.39 is 5.54 Å². The zero-order valence-electron chi connectivity index (χ0n) is 10.9. The molecular weight excluding hydrogens is 285 g/mol. The number of rotatable bonds is 3. The van der Waals surface area contributed by atoms with Crippen molar-refractivity contribution in [1.29, 1.82) is 0 Å². The average Bonchev–Trinajstić information content (AvgIpc) is 2.18. The molecule has 0 bridgehead atoms. The number of nitrogens with two attached hydrogens (primary N) is 3. The molecule has 0 atom stereocenters. The molecular formula is C12H19Cl2N5. The standard InChI is InChI=1S/C12H18ClN5.ClH/c1-12(2,18-11(16)17-10(14)15)7-8-3-5-9(13)6-4-8;/h3-6H,7H2,1-2H3,(H6,14,15,16,17,18);1H. The molecule has 7 heteroatoms. The summed E-state index contributed by atoms with van der Waals surface area (Å²) in [5, 5.41) is 0.708. The van der Waals surface area contributed by atoms with Gasteiger partial charge in [-0.3, -0.25) is 0 Å². The van der Waals surface area contributed by atoms with Gasteiger partial charge in [-0.1, -0.05) is 23.7 Å². The molecule has 0 aliphatic heterocycles. The molecule has 1 rings (SSSR count). The maximum absolute atomic E-state index is 5.83. The lowest BCUT2D eigenvalue weighted by Gasteiger charge is -2.19. The minimum atomic E-state index is -0.392. The van der Waals surface area contributed by atoms with Crippen molar-refractivity contribution in [3.05, 3.63) is 34.9 Å². The van der Waals surface area contributed by atoms with Gasteiger partial charge in [0.15, 0.2) is 5.96 Å². The first kappa shape index (κ1) is 17.5. The van der Waals surface area contributed by atoms with Gasteiger partial charge in [0.05, 0.1) is 5.54 Å². The number of benzene rings is 1. The quantitative estimate of drug-likeness (QED) is 0.584. The molecule has 0 aliphatic carbocycles. The van der Waals surface area contributed by atoms with Crippen LogP contribution in [-0.2, 0) is 6.42 Å². The van der Waals surface area contributed by atoms with E-state index in [1.807, 2.05) is 38.1 Å². The Morgan fingerprint density at radius 2 is 1.68 bits per heavy atom. The second-order valence-electron chi connectivity index (χ2n) is 4.62. The third-order valence-electron chi connectivity index (χ3n) is 2.21. The number of halogens is 2. The highest BCUT2D eigenvalue weighted by Crippen LogP contribution is 2.18. The van der Waals surface area contributed by atoms with Gasteiger partial charge in [-0.15, -0.1) is 12.4 Å². The van der Waals surface area contributed by atoms with E-state index in [4.69, 9.17) is 28.8 Å². The summed E-state index contributed by atoms with van der Waals surface area (Å²) in [6.45, 7) is 3.91. The number of hydrogen-bond acceptors (Lipinski definition) is 1. The van der Waals surface area contributed by atoms with E-state index in [-0.39, 0.29) is 24.3 Å². The molecule has 0 unspecified atom stereocenters. The third-order valence-corrected chi connectivity index (χ3v) is 2.46. The second kappa shape index (κ2) is 7.21. The summed E-state index contributed by atoms with van der Waals surface area (Å²) in [5.41, 5.74) is 16.8. The molecule has 0 radical (unpaired) electrons. The van der Waals surface area contributed by atoms with Crippen molar-refractivity contribution in [3.63, 3.8) is 0 Å². The van der Waals surface area contributed by atoms with Crippen LogP contribution in [-0.4, -0.2) is 17.5 Å². The first-order chi connectivity index (χ1) is 8.28. The molecule has 0 amide bonds. The summed E-state index contributed by atoms with van der Waals surface area (Å²) in [7, 11) is 0. The summed E-state index contributed by atoms with van der Waals surface area (Å²) in [5.74, 6) is -0.0208. The maximum Gasteiger partial charge on any atom is 0.219 e. The molecule has 19 heavy (non-hydrogen) atoms. The van der Waals surface area contributed by atoms with Crippen molar-refractivity contribution in [3.8, 4) is 0 Å². The van der Waals surface area contributed by atoms with Crippen LogP contribution in [0.1, 0.15) is 19.4 Å². The van der Waals surface area contributed by atoms with Gasteiger partial charge >= 0.3 is 0 Å². The van der Waals surface area contributed by atoms with E-state index in [9.17, 15) is 0 Å². The average molecular weight is 304 g/mol. The fourth-order valence-electron chi connectivity index (χ4n) is 1.61. The third kappa shape index (κ3) is 6.88. The van der Waals surface area contributed by atoms with Gasteiger partial charge < -0.3 is 17.2 Å². The van der Waals surface area contributed by atoms with Crippen LogP contribution in [0.15, 0.2) is 34.3 Å². The second-order valence-corrected chi connectivity index (χ2v) is 5.06. The van der Waals surface area contributed by atoms with Crippen LogP contribution < -0.4 is 17.2 Å². The molecule has 0 spiro atoms. The Labute approximate surface area is 124 Å². The SMILES string of the molecule is CC(C)(Cc1ccc(Cl)cc1)N=C(N)N=C(N)N.Cl. The Kier molecular flexibility index (Phi) is 6.65. The predicted molar refractivity (Wildman–Crippen MR) is 83.9 cm³/mol. The largest absolute Gasteiger partial charge is 0.370 e. The van der Waals surface area contributed by atoms with Crippen LogP contribution in [0.5, 0.6) is 0 Å². The van der Waals surface area contributed by atoms with Crippen molar-refractivity contribution in [1.82, 2.24) is 0 Å². The minimum absolute atomic E-state index is 0. The molecule has 1 aromatic carbocycles. The lowest BCUT2D eigenvalue weighted by atomic mass is 9.96. The monoisotopic (exact) mass is 303 g/mol. The first-order valence-corrected chi connectivity index (χ1v) is 5.86. The molecule has 0 aromatic heterocycles. The number of guanidine groups is 2. The Bertz CT molecular complexity index is 462. The lowest BCUT2D eigenvalue weighted by molar-refractivity contribution is 0.519. The van der Waals surface area contributed by atoms with Gasteiger partial charge in [0.2, 0.25) is 5.96 Å². The molecule has 0 saturated heterocycles. The van der Waals surface area contributed by atoms with Crippen LogP contribution in [0.25, 0.3) is 0 Å². The Morgan fingerprint density at radius 1 is 1.16 bits per heavy atom. The van der Waals surface area contributed by atoms with E-state index in [2.05, 4.69) is 9.98 Å². The lowest BCUT2D eigenvalue weighted by Crippen LogP contribution is -2.29. The van der Waals surface area contributed by atoms with Crippen LogP contribution >= 0.6 is 24.0 Å². The van der Waals surface area contributed by atoms with Crippen LogP contribution in [0, 0.1) is 0 Å². The van der Waals surface area contributed by atoms with E-state index >= 15 is 0 Å². The van der Waals surface area contributed by atoms with Crippen molar-refractivity contribution < 1.29 is 0 Å². The highest BCUT2D eigenvalue weighted by molar-refractivity contribution is 6.30. The molecule has 6 N–H and O–H groups in total. The van der Waals surface area contributed by atoms with Gasteiger partial charge in [0, 0.05) is 5.02 Å². The Balaban J connectivity index is 0.00000324. The Hall–Kier alpha value is -1.46. The van der Waals surface area contributed by atoms with Crippen molar-refractivity contribution in [2.24, 2.45) is 27.2 Å². The van der Waals surface area contributed by atoms with Crippen LogP contribution in [0.4, 0.5) is 0 Å². The Morgan fingerprint density at radius 3 is 2.16 bits per heavy atom. The van der Waals surface area contributed by atoms with Gasteiger partial charge in [-0.25, -0.2) is 4.99 Å². The summed E-state index contributed by atoms with van der Waals surface area (Å²) in [6, 6.07) is 7.60. The molecule has 1 aromatic rings. The normalized spacial score (nSPS) is 11.6. The fraction of sp³-hybridized carbons (Fsp3) is 0.333. The molecule has 0 heterocycles. The fourth-order valence-corrected chi connectivity index (χ4v) is 1.73. The van der Waals surface area contributed by atoms with E-state index in [0.29, 0.717) is 11.4 Å². The number of aliphatic imine (C=N–C) groups is 2. The molecule has 5 nitrogen and oxygen atoms in total.